The minimum absolute atomic E-state index is 0.104. The molecule has 0 aromatic rings. The van der Waals surface area contributed by atoms with Crippen molar-refractivity contribution in [2.45, 2.75) is 58.0 Å². The van der Waals surface area contributed by atoms with Gasteiger partial charge in [-0.25, -0.2) is 4.79 Å². The Morgan fingerprint density at radius 3 is 2.40 bits per heavy atom. The number of hydrogen-bond donors (Lipinski definition) is 3. The van der Waals surface area contributed by atoms with Gasteiger partial charge in [0.2, 0.25) is 0 Å². The molecule has 0 aliphatic heterocycles. The van der Waals surface area contributed by atoms with E-state index in [1.54, 1.807) is 6.92 Å². The highest BCUT2D eigenvalue weighted by Gasteiger charge is 2.63. The largest absolute Gasteiger partial charge is 0.478 e. The van der Waals surface area contributed by atoms with E-state index in [0.717, 1.165) is 31.3 Å². The fourth-order valence-corrected chi connectivity index (χ4v) is 5.74. The Hall–Kier alpha value is -0.870. The van der Waals surface area contributed by atoms with Gasteiger partial charge in [0.25, 0.3) is 0 Å². The highest BCUT2D eigenvalue weighted by Crippen LogP contribution is 2.68. The van der Waals surface area contributed by atoms with Crippen LogP contribution in [0.3, 0.4) is 0 Å². The number of carboxylic acids is 1. The molecule has 4 aliphatic carbocycles. The minimum Gasteiger partial charge on any atom is -0.478 e. The molecule has 0 spiro atoms. The molecule has 4 fully saturated rings. The highest BCUT2D eigenvalue weighted by molar-refractivity contribution is 5.87. The van der Waals surface area contributed by atoms with Crippen LogP contribution in [0.2, 0.25) is 0 Å². The van der Waals surface area contributed by atoms with Crippen molar-refractivity contribution in [2.75, 3.05) is 6.61 Å². The Bertz CT molecular complexity index is 497. The molecule has 3 N–H and O–H groups in total. The molecule has 4 aliphatic rings. The predicted octanol–water partition coefficient (Wildman–Crippen LogP) is 2.10. The number of aliphatic hydroxyl groups excluding tert-OH is 1. The van der Waals surface area contributed by atoms with Crippen LogP contribution in [0.1, 0.15) is 52.4 Å². The smallest absolute Gasteiger partial charge is 0.331 e. The van der Waals surface area contributed by atoms with Gasteiger partial charge in [0.1, 0.15) is 0 Å². The zero-order chi connectivity index (χ0) is 14.8. The van der Waals surface area contributed by atoms with E-state index in [9.17, 15) is 20.1 Å². The molecule has 0 heterocycles. The average Bonchev–Trinajstić information content (AvgIpc) is 2.34. The zero-order valence-electron chi connectivity index (χ0n) is 12.3. The van der Waals surface area contributed by atoms with Gasteiger partial charge in [-0.3, -0.25) is 0 Å². The topological polar surface area (TPSA) is 77.8 Å². The SMILES string of the molecule is CC(C(=O)O)=C(C)C12CC3CC(O)(CC(CO)(C3)C1)C2. The Kier molecular flexibility index (Phi) is 2.87. The zero-order valence-corrected chi connectivity index (χ0v) is 12.3. The van der Waals surface area contributed by atoms with Crippen LogP contribution in [-0.2, 0) is 4.79 Å². The summed E-state index contributed by atoms with van der Waals surface area (Å²) in [7, 11) is 0. The summed E-state index contributed by atoms with van der Waals surface area (Å²) in [4.78, 5) is 11.3. The second kappa shape index (κ2) is 4.08. The number of aliphatic carboxylic acids is 1. The molecular weight excluding hydrogens is 256 g/mol. The van der Waals surface area contributed by atoms with Crippen molar-refractivity contribution in [3.8, 4) is 0 Å². The maximum Gasteiger partial charge on any atom is 0.331 e. The first-order chi connectivity index (χ1) is 9.23. The van der Waals surface area contributed by atoms with E-state index in [1.165, 1.54) is 0 Å². The lowest BCUT2D eigenvalue weighted by atomic mass is 9.41. The van der Waals surface area contributed by atoms with Gasteiger partial charge in [-0.1, -0.05) is 5.57 Å². The van der Waals surface area contributed by atoms with Gasteiger partial charge in [0, 0.05) is 12.2 Å². The molecule has 4 atom stereocenters. The van der Waals surface area contributed by atoms with Gasteiger partial charge < -0.3 is 15.3 Å². The van der Waals surface area contributed by atoms with E-state index >= 15 is 0 Å². The molecule has 0 saturated heterocycles. The molecule has 4 heteroatoms. The monoisotopic (exact) mass is 280 g/mol. The van der Waals surface area contributed by atoms with Gasteiger partial charge in [-0.2, -0.15) is 0 Å². The van der Waals surface area contributed by atoms with Crippen LogP contribution in [0.5, 0.6) is 0 Å². The molecular formula is C16H24O4. The maximum atomic E-state index is 11.3. The Labute approximate surface area is 119 Å². The highest BCUT2D eigenvalue weighted by atomic mass is 16.4. The van der Waals surface area contributed by atoms with Crippen LogP contribution in [-0.4, -0.2) is 33.5 Å². The Morgan fingerprint density at radius 1 is 1.15 bits per heavy atom. The first-order valence-electron chi connectivity index (χ1n) is 7.48. The fraction of sp³-hybridized carbons (Fsp3) is 0.812. The maximum absolute atomic E-state index is 11.3. The van der Waals surface area contributed by atoms with E-state index in [-0.39, 0.29) is 17.4 Å². The first kappa shape index (κ1) is 14.1. The third kappa shape index (κ3) is 1.85. The van der Waals surface area contributed by atoms with Crippen LogP contribution in [0.25, 0.3) is 0 Å². The summed E-state index contributed by atoms with van der Waals surface area (Å²) in [5.41, 5.74) is 0.185. The molecule has 20 heavy (non-hydrogen) atoms. The van der Waals surface area contributed by atoms with Gasteiger partial charge in [-0.15, -0.1) is 0 Å². The second-order valence-corrected chi connectivity index (χ2v) is 7.73. The summed E-state index contributed by atoms with van der Waals surface area (Å²) in [6.07, 6.45) is 4.92. The van der Waals surface area contributed by atoms with Crippen LogP contribution < -0.4 is 0 Å². The number of carbonyl (C=O) groups is 1. The summed E-state index contributed by atoms with van der Waals surface area (Å²) in [5, 5.41) is 30.0. The summed E-state index contributed by atoms with van der Waals surface area (Å²) in [6.45, 7) is 3.67. The Morgan fingerprint density at radius 2 is 1.85 bits per heavy atom. The van der Waals surface area contributed by atoms with Crippen molar-refractivity contribution in [1.82, 2.24) is 0 Å². The molecule has 4 bridgehead atoms. The van der Waals surface area contributed by atoms with E-state index in [2.05, 4.69) is 0 Å². The molecule has 112 valence electrons. The van der Waals surface area contributed by atoms with Crippen molar-refractivity contribution in [1.29, 1.82) is 0 Å². The van der Waals surface area contributed by atoms with Gasteiger partial charge >= 0.3 is 5.97 Å². The lowest BCUT2D eigenvalue weighted by molar-refractivity contribution is -0.199. The van der Waals surface area contributed by atoms with Crippen LogP contribution in [0.15, 0.2) is 11.1 Å². The van der Waals surface area contributed by atoms with E-state index < -0.39 is 11.6 Å². The third-order valence-corrected chi connectivity index (χ3v) is 6.17. The van der Waals surface area contributed by atoms with Gasteiger partial charge in [-0.05, 0) is 69.1 Å². The lowest BCUT2D eigenvalue weighted by Gasteiger charge is -2.65. The quantitative estimate of drug-likeness (QED) is 0.692. The molecule has 0 radical (unpaired) electrons. The number of aliphatic hydroxyl groups is 2. The first-order valence-corrected chi connectivity index (χ1v) is 7.48. The number of carboxylic acid groups (broad SMARTS) is 1. The standard InChI is InChI=1S/C16H24O4/c1-10(13(18)19)11(2)15-4-12-3-14(6-15,9-17)7-16(20,5-12)8-15/h12,17,20H,3-9H2,1-2H3,(H,18,19). The van der Waals surface area contributed by atoms with Crippen LogP contribution >= 0.6 is 0 Å². The van der Waals surface area contributed by atoms with E-state index in [4.69, 9.17) is 0 Å². The normalized spacial score (nSPS) is 47.3. The summed E-state index contributed by atoms with van der Waals surface area (Å²) < 4.78 is 0. The Balaban J connectivity index is 2.07. The third-order valence-electron chi connectivity index (χ3n) is 6.17. The van der Waals surface area contributed by atoms with Gasteiger partial charge in [0.05, 0.1) is 5.60 Å². The van der Waals surface area contributed by atoms with Crippen LogP contribution in [0, 0.1) is 16.7 Å². The minimum atomic E-state index is -0.872. The van der Waals surface area contributed by atoms with Crippen molar-refractivity contribution in [3.63, 3.8) is 0 Å². The molecule has 0 aromatic carbocycles. The molecule has 4 saturated carbocycles. The summed E-state index contributed by atoms with van der Waals surface area (Å²) >= 11 is 0. The van der Waals surface area contributed by atoms with Crippen molar-refractivity contribution < 1.29 is 20.1 Å². The average molecular weight is 280 g/mol. The molecule has 4 unspecified atom stereocenters. The van der Waals surface area contributed by atoms with E-state index in [1.807, 2.05) is 6.92 Å². The van der Waals surface area contributed by atoms with Crippen molar-refractivity contribution in [2.24, 2.45) is 16.7 Å². The van der Waals surface area contributed by atoms with Crippen molar-refractivity contribution in [3.05, 3.63) is 11.1 Å². The second-order valence-electron chi connectivity index (χ2n) is 7.73. The van der Waals surface area contributed by atoms with Crippen LogP contribution in [0.4, 0.5) is 0 Å². The molecule has 0 aromatic heterocycles. The molecule has 0 amide bonds. The van der Waals surface area contributed by atoms with E-state index in [0.29, 0.717) is 24.3 Å². The fourth-order valence-electron chi connectivity index (χ4n) is 5.74. The number of hydrogen-bond acceptors (Lipinski definition) is 3. The molecule has 4 nitrogen and oxygen atoms in total. The van der Waals surface area contributed by atoms with Crippen molar-refractivity contribution >= 4 is 5.97 Å². The number of allylic oxidation sites excluding steroid dienone is 1. The lowest BCUT2D eigenvalue weighted by Crippen LogP contribution is -2.61. The summed E-state index contributed by atoms with van der Waals surface area (Å²) in [6, 6.07) is 0. The summed E-state index contributed by atoms with van der Waals surface area (Å²) in [5.74, 6) is -0.455. The molecule has 4 rings (SSSR count). The number of rotatable bonds is 3. The predicted molar refractivity (Wildman–Crippen MR) is 74.1 cm³/mol. The van der Waals surface area contributed by atoms with Gasteiger partial charge in [0.15, 0.2) is 0 Å².